The summed E-state index contributed by atoms with van der Waals surface area (Å²) in [5.74, 6) is -0.647. The van der Waals surface area contributed by atoms with Crippen molar-refractivity contribution in [3.05, 3.63) is 119 Å². The van der Waals surface area contributed by atoms with Gasteiger partial charge in [0.1, 0.15) is 11.5 Å². The summed E-state index contributed by atoms with van der Waals surface area (Å²) in [5.41, 5.74) is 3.34. The topological polar surface area (TPSA) is 63.9 Å². The number of carbonyl (C=O) groups excluding carboxylic acids is 1. The first-order chi connectivity index (χ1) is 16.6. The summed E-state index contributed by atoms with van der Waals surface area (Å²) in [4.78, 5) is 19.7. The summed E-state index contributed by atoms with van der Waals surface area (Å²) in [6.45, 7) is 0.364. The molecule has 2 heterocycles. The third-order valence-electron chi connectivity index (χ3n) is 5.46. The van der Waals surface area contributed by atoms with Gasteiger partial charge in [-0.1, -0.05) is 59.3 Å². The number of rotatable bonds is 6. The maximum atomic E-state index is 13.7. The second kappa shape index (κ2) is 9.41. The Hall–Kier alpha value is -4.10. The molecule has 0 fully saturated rings. The number of pyridine rings is 1. The summed E-state index contributed by atoms with van der Waals surface area (Å²) in [6, 6.07) is 22.9. The molecule has 0 atom stereocenters. The van der Waals surface area contributed by atoms with E-state index < -0.39 is 5.82 Å². The molecule has 5 aromatic rings. The van der Waals surface area contributed by atoms with Crippen LogP contribution in [0, 0.1) is 5.82 Å². The predicted molar refractivity (Wildman–Crippen MR) is 128 cm³/mol. The van der Waals surface area contributed by atoms with Crippen LogP contribution in [-0.2, 0) is 13.1 Å². The minimum absolute atomic E-state index is 0.173. The number of para-hydroxylation sites is 2. The number of nitrogens with zero attached hydrogens (tertiary/aromatic N) is 5. The fraction of sp³-hybridized carbons (Fsp3) is 0.0769. The normalized spacial score (nSPS) is 11.0. The summed E-state index contributed by atoms with van der Waals surface area (Å²) >= 11 is 6.29. The molecule has 0 aliphatic heterocycles. The smallest absolute Gasteiger partial charge is 0.255 e. The summed E-state index contributed by atoms with van der Waals surface area (Å²) in [7, 11) is 0. The van der Waals surface area contributed by atoms with E-state index >= 15 is 0 Å². The number of halogens is 2. The van der Waals surface area contributed by atoms with Crippen molar-refractivity contribution >= 4 is 28.4 Å². The molecule has 5 rings (SSSR count). The molecule has 0 saturated carbocycles. The number of hydrogen-bond acceptors (Lipinski definition) is 4. The van der Waals surface area contributed by atoms with Crippen LogP contribution < -0.4 is 0 Å². The van der Waals surface area contributed by atoms with Gasteiger partial charge in [-0.2, -0.15) is 0 Å². The molecule has 2 aromatic heterocycles. The zero-order valence-electron chi connectivity index (χ0n) is 18.0. The molecule has 0 bridgehead atoms. The van der Waals surface area contributed by atoms with Gasteiger partial charge in [0.15, 0.2) is 0 Å². The average Bonchev–Trinajstić information content (AvgIpc) is 3.33. The van der Waals surface area contributed by atoms with Crippen LogP contribution >= 0.6 is 11.6 Å². The van der Waals surface area contributed by atoms with Gasteiger partial charge < -0.3 is 4.90 Å². The number of aromatic nitrogens is 4. The molecule has 0 aliphatic rings. The third kappa shape index (κ3) is 4.51. The number of amides is 1. The van der Waals surface area contributed by atoms with Gasteiger partial charge >= 0.3 is 0 Å². The van der Waals surface area contributed by atoms with E-state index in [1.54, 1.807) is 34.1 Å². The SMILES string of the molecule is O=C(c1ccnc2ccccc12)N(Cc1cn(-c2ccccc2)nn1)Cc1ccc(F)cc1Cl. The number of benzene rings is 3. The van der Waals surface area contributed by atoms with Gasteiger partial charge in [0.25, 0.3) is 5.91 Å². The highest BCUT2D eigenvalue weighted by Crippen LogP contribution is 2.24. The van der Waals surface area contributed by atoms with Gasteiger partial charge in [-0.25, -0.2) is 9.07 Å². The summed E-state index contributed by atoms with van der Waals surface area (Å²) in [6.07, 6.45) is 3.40. The number of hydrogen-bond donors (Lipinski definition) is 0. The summed E-state index contributed by atoms with van der Waals surface area (Å²) < 4.78 is 15.3. The van der Waals surface area contributed by atoms with Gasteiger partial charge in [0.2, 0.25) is 0 Å². The van der Waals surface area contributed by atoms with E-state index in [4.69, 9.17) is 11.6 Å². The van der Waals surface area contributed by atoms with Crippen LogP contribution in [0.2, 0.25) is 5.02 Å². The van der Waals surface area contributed by atoms with Gasteiger partial charge in [-0.3, -0.25) is 9.78 Å². The Bertz CT molecular complexity index is 1470. The fourth-order valence-corrected chi connectivity index (χ4v) is 4.01. The lowest BCUT2D eigenvalue weighted by molar-refractivity contribution is 0.0730. The minimum atomic E-state index is -0.433. The Morgan fingerprint density at radius 2 is 1.76 bits per heavy atom. The standard InChI is InChI=1S/C26H19ClFN5O/c27-24-14-19(28)11-10-18(24)15-32(16-20-17-33(31-30-20)21-6-2-1-3-7-21)26(34)23-12-13-29-25-9-5-4-8-22(23)25/h1-14,17H,15-16H2. The van der Waals surface area contributed by atoms with Crippen molar-refractivity contribution in [1.29, 1.82) is 0 Å². The van der Waals surface area contributed by atoms with Crippen molar-refractivity contribution in [3.8, 4) is 5.69 Å². The Kier molecular flexibility index (Phi) is 6.01. The number of fused-ring (bicyclic) bond motifs is 1. The zero-order valence-corrected chi connectivity index (χ0v) is 18.7. The number of carbonyl (C=O) groups is 1. The van der Waals surface area contributed by atoms with Crippen LogP contribution in [0.5, 0.6) is 0 Å². The molecule has 0 saturated heterocycles. The molecular formula is C26H19ClFN5O. The van der Waals surface area contributed by atoms with Gasteiger partial charge in [0.05, 0.1) is 29.5 Å². The molecule has 6 nitrogen and oxygen atoms in total. The maximum Gasteiger partial charge on any atom is 0.255 e. The molecule has 0 unspecified atom stereocenters. The fourth-order valence-electron chi connectivity index (χ4n) is 3.78. The first kappa shape index (κ1) is 21.7. The largest absolute Gasteiger partial charge is 0.328 e. The average molecular weight is 472 g/mol. The Morgan fingerprint density at radius 3 is 2.59 bits per heavy atom. The van der Waals surface area contributed by atoms with Crippen LogP contribution in [0.25, 0.3) is 16.6 Å². The second-order valence-corrected chi connectivity index (χ2v) is 8.17. The van der Waals surface area contributed by atoms with E-state index in [9.17, 15) is 9.18 Å². The van der Waals surface area contributed by atoms with E-state index in [0.29, 0.717) is 16.8 Å². The molecular weight excluding hydrogens is 453 g/mol. The van der Waals surface area contributed by atoms with E-state index in [1.165, 1.54) is 12.1 Å². The van der Waals surface area contributed by atoms with Crippen LogP contribution in [0.1, 0.15) is 21.6 Å². The van der Waals surface area contributed by atoms with Crippen molar-refractivity contribution in [2.75, 3.05) is 0 Å². The van der Waals surface area contributed by atoms with Crippen LogP contribution in [0.15, 0.2) is 91.3 Å². The van der Waals surface area contributed by atoms with Crippen molar-refractivity contribution in [2.45, 2.75) is 13.1 Å². The summed E-state index contributed by atoms with van der Waals surface area (Å²) in [5, 5.41) is 9.47. The molecule has 0 spiro atoms. The molecule has 168 valence electrons. The molecule has 1 amide bonds. The first-order valence-electron chi connectivity index (χ1n) is 10.6. The Morgan fingerprint density at radius 1 is 0.971 bits per heavy atom. The van der Waals surface area contributed by atoms with E-state index in [0.717, 1.165) is 16.6 Å². The van der Waals surface area contributed by atoms with E-state index in [2.05, 4.69) is 15.3 Å². The highest BCUT2D eigenvalue weighted by atomic mass is 35.5. The molecule has 0 N–H and O–H groups in total. The third-order valence-corrected chi connectivity index (χ3v) is 5.81. The van der Waals surface area contributed by atoms with Gasteiger partial charge in [-0.15, -0.1) is 5.10 Å². The molecule has 0 radical (unpaired) electrons. The lowest BCUT2D eigenvalue weighted by atomic mass is 10.1. The lowest BCUT2D eigenvalue weighted by Crippen LogP contribution is -2.30. The first-order valence-corrected chi connectivity index (χ1v) is 11.0. The van der Waals surface area contributed by atoms with Gasteiger partial charge in [0, 0.05) is 23.2 Å². The van der Waals surface area contributed by atoms with Gasteiger partial charge in [-0.05, 0) is 42.0 Å². The maximum absolute atomic E-state index is 13.7. The Balaban J connectivity index is 1.51. The van der Waals surface area contributed by atoms with Crippen LogP contribution in [0.3, 0.4) is 0 Å². The van der Waals surface area contributed by atoms with E-state index in [1.807, 2.05) is 54.6 Å². The quantitative estimate of drug-likeness (QED) is 0.330. The zero-order chi connectivity index (χ0) is 23.5. The molecule has 0 aliphatic carbocycles. The monoisotopic (exact) mass is 471 g/mol. The second-order valence-electron chi connectivity index (χ2n) is 7.76. The lowest BCUT2D eigenvalue weighted by Gasteiger charge is -2.23. The van der Waals surface area contributed by atoms with Crippen molar-refractivity contribution in [2.24, 2.45) is 0 Å². The molecule has 8 heteroatoms. The van der Waals surface area contributed by atoms with Crippen molar-refractivity contribution in [1.82, 2.24) is 24.9 Å². The van der Waals surface area contributed by atoms with Crippen molar-refractivity contribution in [3.63, 3.8) is 0 Å². The molecule has 34 heavy (non-hydrogen) atoms. The highest BCUT2D eigenvalue weighted by molar-refractivity contribution is 6.31. The predicted octanol–water partition coefficient (Wildman–Crippen LogP) is 5.45. The molecule has 3 aromatic carbocycles. The van der Waals surface area contributed by atoms with E-state index in [-0.39, 0.29) is 24.0 Å². The minimum Gasteiger partial charge on any atom is -0.328 e. The van der Waals surface area contributed by atoms with Crippen LogP contribution in [0.4, 0.5) is 4.39 Å². The highest BCUT2D eigenvalue weighted by Gasteiger charge is 2.21. The van der Waals surface area contributed by atoms with Crippen LogP contribution in [-0.4, -0.2) is 30.8 Å². The Labute approximate surface area is 200 Å². The van der Waals surface area contributed by atoms with Crippen molar-refractivity contribution < 1.29 is 9.18 Å².